The summed E-state index contributed by atoms with van der Waals surface area (Å²) in [6.07, 6.45) is 0. The zero-order valence-electron chi connectivity index (χ0n) is 11.0. The van der Waals surface area contributed by atoms with Crippen LogP contribution in [0.15, 0.2) is 46.9 Å². The van der Waals surface area contributed by atoms with E-state index in [4.69, 9.17) is 20.6 Å². The SMILES string of the molecule is CCOc1ccccc1Oc1ccc(C(=N)N)c(Br)c1. The second kappa shape index (κ2) is 6.43. The van der Waals surface area contributed by atoms with E-state index in [9.17, 15) is 0 Å². The molecule has 0 aliphatic rings. The van der Waals surface area contributed by atoms with Crippen molar-refractivity contribution in [2.75, 3.05) is 6.61 Å². The zero-order chi connectivity index (χ0) is 14.5. The highest BCUT2D eigenvalue weighted by Gasteiger charge is 2.08. The van der Waals surface area contributed by atoms with Crippen molar-refractivity contribution in [3.63, 3.8) is 0 Å². The maximum Gasteiger partial charge on any atom is 0.169 e. The third kappa shape index (κ3) is 3.30. The Balaban J connectivity index is 2.26. The molecule has 2 aromatic rings. The molecule has 0 aliphatic heterocycles. The highest BCUT2D eigenvalue weighted by atomic mass is 79.9. The number of nitrogen functional groups attached to an aromatic ring is 1. The van der Waals surface area contributed by atoms with Crippen molar-refractivity contribution in [2.45, 2.75) is 6.92 Å². The van der Waals surface area contributed by atoms with Gasteiger partial charge in [0.15, 0.2) is 11.5 Å². The number of amidine groups is 1. The number of hydrogen-bond donors (Lipinski definition) is 2. The van der Waals surface area contributed by atoms with Gasteiger partial charge in [-0.2, -0.15) is 0 Å². The second-order valence-electron chi connectivity index (χ2n) is 4.04. The lowest BCUT2D eigenvalue weighted by molar-refractivity contribution is 0.321. The largest absolute Gasteiger partial charge is 0.490 e. The Labute approximate surface area is 126 Å². The minimum Gasteiger partial charge on any atom is -0.490 e. The van der Waals surface area contributed by atoms with Gasteiger partial charge < -0.3 is 15.2 Å². The number of nitrogens with one attached hydrogen (secondary N) is 1. The molecule has 5 heteroatoms. The Kier molecular flexibility index (Phi) is 4.63. The van der Waals surface area contributed by atoms with Crippen LogP contribution in [0, 0.1) is 5.41 Å². The molecule has 0 amide bonds. The molecule has 20 heavy (non-hydrogen) atoms. The fraction of sp³-hybridized carbons (Fsp3) is 0.133. The molecular formula is C15H15BrN2O2. The highest BCUT2D eigenvalue weighted by molar-refractivity contribution is 9.10. The molecule has 104 valence electrons. The third-order valence-corrected chi connectivity index (χ3v) is 3.26. The predicted octanol–water partition coefficient (Wildman–Crippen LogP) is 3.92. The molecule has 3 N–H and O–H groups in total. The van der Waals surface area contributed by atoms with Gasteiger partial charge in [-0.1, -0.05) is 12.1 Å². The van der Waals surface area contributed by atoms with E-state index in [1.54, 1.807) is 18.2 Å². The average molecular weight is 335 g/mol. The summed E-state index contributed by atoms with van der Waals surface area (Å²) in [6.45, 7) is 2.50. The summed E-state index contributed by atoms with van der Waals surface area (Å²) in [7, 11) is 0. The number of nitrogens with two attached hydrogens (primary N) is 1. The fourth-order valence-corrected chi connectivity index (χ4v) is 2.29. The first kappa shape index (κ1) is 14.4. The van der Waals surface area contributed by atoms with Crippen LogP contribution in [0.4, 0.5) is 0 Å². The van der Waals surface area contributed by atoms with E-state index in [-0.39, 0.29) is 5.84 Å². The van der Waals surface area contributed by atoms with Crippen molar-refractivity contribution in [1.82, 2.24) is 0 Å². The first-order valence-corrected chi connectivity index (χ1v) is 6.94. The molecule has 0 fully saturated rings. The van der Waals surface area contributed by atoms with Crippen molar-refractivity contribution in [2.24, 2.45) is 5.73 Å². The van der Waals surface area contributed by atoms with Crippen LogP contribution < -0.4 is 15.2 Å². The summed E-state index contributed by atoms with van der Waals surface area (Å²) in [5, 5.41) is 7.44. The van der Waals surface area contributed by atoms with Crippen LogP contribution in [0.5, 0.6) is 17.2 Å². The third-order valence-electron chi connectivity index (χ3n) is 2.61. The number of rotatable bonds is 5. The van der Waals surface area contributed by atoms with Gasteiger partial charge in [0, 0.05) is 10.0 Å². The van der Waals surface area contributed by atoms with Crippen LogP contribution in [0.1, 0.15) is 12.5 Å². The van der Waals surface area contributed by atoms with E-state index < -0.39 is 0 Å². The van der Waals surface area contributed by atoms with E-state index in [0.717, 1.165) is 4.47 Å². The number of para-hydroxylation sites is 2. The van der Waals surface area contributed by atoms with Gasteiger partial charge in [-0.05, 0) is 53.2 Å². The summed E-state index contributed by atoms with van der Waals surface area (Å²) < 4.78 is 12.0. The molecule has 0 atom stereocenters. The van der Waals surface area contributed by atoms with Crippen molar-refractivity contribution >= 4 is 21.8 Å². The van der Waals surface area contributed by atoms with E-state index >= 15 is 0 Å². The standard InChI is InChI=1S/C15H15BrN2O2/c1-2-19-13-5-3-4-6-14(13)20-10-7-8-11(15(17)18)12(16)9-10/h3-9H,2H2,1H3,(H3,17,18). The van der Waals surface area contributed by atoms with Crippen molar-refractivity contribution < 1.29 is 9.47 Å². The molecule has 0 unspecified atom stereocenters. The summed E-state index contributed by atoms with van der Waals surface area (Å²) in [5.41, 5.74) is 6.11. The number of hydrogen-bond acceptors (Lipinski definition) is 3. The fourth-order valence-electron chi connectivity index (χ4n) is 1.71. The Morgan fingerprint density at radius 3 is 2.50 bits per heavy atom. The van der Waals surface area contributed by atoms with Crippen LogP contribution in [0.3, 0.4) is 0 Å². The molecule has 0 saturated carbocycles. The molecule has 2 rings (SSSR count). The molecule has 0 heterocycles. The molecule has 2 aromatic carbocycles. The van der Waals surface area contributed by atoms with Gasteiger partial charge in [0.05, 0.1) is 6.61 Å². The zero-order valence-corrected chi connectivity index (χ0v) is 12.6. The predicted molar refractivity (Wildman–Crippen MR) is 82.8 cm³/mol. The van der Waals surface area contributed by atoms with Gasteiger partial charge in [0.2, 0.25) is 0 Å². The van der Waals surface area contributed by atoms with Crippen LogP contribution in [-0.4, -0.2) is 12.4 Å². The Morgan fingerprint density at radius 1 is 1.20 bits per heavy atom. The first-order chi connectivity index (χ1) is 9.61. The number of halogens is 1. The second-order valence-corrected chi connectivity index (χ2v) is 4.89. The smallest absolute Gasteiger partial charge is 0.169 e. The molecule has 0 aromatic heterocycles. The summed E-state index contributed by atoms with van der Waals surface area (Å²) in [5.74, 6) is 2.01. The van der Waals surface area contributed by atoms with Crippen molar-refractivity contribution in [3.8, 4) is 17.2 Å². The summed E-state index contributed by atoms with van der Waals surface area (Å²) in [4.78, 5) is 0. The molecule has 0 bridgehead atoms. The van der Waals surface area contributed by atoms with Gasteiger partial charge in [-0.25, -0.2) is 0 Å². The Morgan fingerprint density at radius 2 is 1.90 bits per heavy atom. The quantitative estimate of drug-likeness (QED) is 0.643. The monoisotopic (exact) mass is 334 g/mol. The van der Waals surface area contributed by atoms with Gasteiger partial charge >= 0.3 is 0 Å². The molecule has 0 aliphatic carbocycles. The topological polar surface area (TPSA) is 68.3 Å². The minimum absolute atomic E-state index is 0.0122. The molecule has 0 spiro atoms. The Bertz CT molecular complexity index is 629. The lowest BCUT2D eigenvalue weighted by atomic mass is 10.2. The van der Waals surface area contributed by atoms with Gasteiger partial charge in [-0.15, -0.1) is 0 Å². The van der Waals surface area contributed by atoms with Crippen LogP contribution in [0.25, 0.3) is 0 Å². The summed E-state index contributed by atoms with van der Waals surface area (Å²) >= 11 is 3.38. The van der Waals surface area contributed by atoms with Crippen molar-refractivity contribution in [3.05, 3.63) is 52.5 Å². The van der Waals surface area contributed by atoms with Gasteiger partial charge in [0.25, 0.3) is 0 Å². The first-order valence-electron chi connectivity index (χ1n) is 6.15. The highest BCUT2D eigenvalue weighted by Crippen LogP contribution is 2.33. The lowest BCUT2D eigenvalue weighted by Crippen LogP contribution is -2.11. The van der Waals surface area contributed by atoms with E-state index in [1.807, 2.05) is 31.2 Å². The molecule has 0 saturated heterocycles. The minimum atomic E-state index is 0.0122. The van der Waals surface area contributed by atoms with Crippen molar-refractivity contribution in [1.29, 1.82) is 5.41 Å². The summed E-state index contributed by atoms with van der Waals surface area (Å²) in [6, 6.07) is 12.8. The van der Waals surface area contributed by atoms with Crippen LogP contribution >= 0.6 is 15.9 Å². The van der Waals surface area contributed by atoms with E-state index in [2.05, 4.69) is 15.9 Å². The Hall–Kier alpha value is -2.01. The average Bonchev–Trinajstić information content (AvgIpc) is 2.41. The van der Waals surface area contributed by atoms with E-state index in [1.165, 1.54) is 0 Å². The number of benzene rings is 2. The lowest BCUT2D eigenvalue weighted by Gasteiger charge is -2.12. The van der Waals surface area contributed by atoms with Crippen LogP contribution in [0.2, 0.25) is 0 Å². The van der Waals surface area contributed by atoms with Gasteiger partial charge in [-0.3, -0.25) is 5.41 Å². The van der Waals surface area contributed by atoms with Gasteiger partial charge in [0.1, 0.15) is 11.6 Å². The normalized spacial score (nSPS) is 10.1. The molecule has 4 nitrogen and oxygen atoms in total. The maximum atomic E-state index is 7.44. The van der Waals surface area contributed by atoms with E-state index in [0.29, 0.717) is 29.4 Å². The maximum absolute atomic E-state index is 7.44. The van der Waals surface area contributed by atoms with Crippen LogP contribution in [-0.2, 0) is 0 Å². The molecular weight excluding hydrogens is 320 g/mol. The molecule has 0 radical (unpaired) electrons. The number of ether oxygens (including phenoxy) is 2.